The molecule has 0 aliphatic rings. The Hall–Kier alpha value is -4.53. The van der Waals surface area contributed by atoms with Gasteiger partial charge < -0.3 is 15.1 Å². The number of carbonyl (C=O) groups is 3. The average molecular weight is 475 g/mol. The largest absolute Gasteiger partial charge is 0.372 e. The van der Waals surface area contributed by atoms with Crippen molar-refractivity contribution in [1.82, 2.24) is 4.90 Å². The van der Waals surface area contributed by atoms with Crippen LogP contribution in [0.2, 0.25) is 0 Å². The summed E-state index contributed by atoms with van der Waals surface area (Å²) in [5.74, 6) is -1.03. The Kier molecular flexibility index (Phi) is 7.60. The molecule has 0 aliphatic heterocycles. The van der Waals surface area contributed by atoms with Gasteiger partial charge in [-0.25, -0.2) is 0 Å². The first kappa shape index (κ1) is 25.1. The molecular formula is C26H26N4O5. The van der Waals surface area contributed by atoms with Crippen LogP contribution in [0.25, 0.3) is 0 Å². The number of carbonyl (C=O) groups excluding carboxylic acids is 3. The van der Waals surface area contributed by atoms with Gasteiger partial charge in [-0.15, -0.1) is 0 Å². The Labute approximate surface area is 203 Å². The van der Waals surface area contributed by atoms with Crippen molar-refractivity contribution in [2.45, 2.75) is 6.42 Å². The maximum Gasteiger partial charge on any atom is 0.293 e. The molecule has 0 saturated heterocycles. The van der Waals surface area contributed by atoms with Gasteiger partial charge >= 0.3 is 0 Å². The number of nitro benzene ring substituents is 1. The second kappa shape index (κ2) is 10.6. The fourth-order valence-electron chi connectivity index (χ4n) is 3.46. The van der Waals surface area contributed by atoms with Crippen LogP contribution in [0.3, 0.4) is 0 Å². The molecule has 3 aromatic rings. The van der Waals surface area contributed by atoms with E-state index in [0.717, 1.165) is 5.56 Å². The van der Waals surface area contributed by atoms with Crippen molar-refractivity contribution in [3.63, 3.8) is 0 Å². The average Bonchev–Trinajstić information content (AvgIpc) is 2.84. The van der Waals surface area contributed by atoms with Gasteiger partial charge in [0.1, 0.15) is 5.69 Å². The molecule has 0 bridgehead atoms. The van der Waals surface area contributed by atoms with E-state index in [9.17, 15) is 24.5 Å². The summed E-state index contributed by atoms with van der Waals surface area (Å²) in [6, 6.07) is 17.4. The van der Waals surface area contributed by atoms with Crippen molar-refractivity contribution in [3.8, 4) is 0 Å². The van der Waals surface area contributed by atoms with E-state index in [4.69, 9.17) is 0 Å². The lowest BCUT2D eigenvalue weighted by Crippen LogP contribution is -2.23. The number of nitro groups is 1. The topological polar surface area (TPSA) is 113 Å². The maximum atomic E-state index is 13.2. The lowest BCUT2D eigenvalue weighted by Gasteiger charge is -2.14. The molecule has 0 atom stereocenters. The van der Waals surface area contributed by atoms with Gasteiger partial charge in [-0.2, -0.15) is 0 Å². The second-order valence-corrected chi connectivity index (χ2v) is 8.35. The number of ketones is 1. The Balaban J connectivity index is 1.84. The summed E-state index contributed by atoms with van der Waals surface area (Å²) in [5, 5.41) is 14.3. The molecule has 0 unspecified atom stereocenters. The highest BCUT2D eigenvalue weighted by molar-refractivity contribution is 6.18. The molecule has 0 heterocycles. The molecule has 9 heteroatoms. The molecule has 0 fully saturated rings. The van der Waals surface area contributed by atoms with Gasteiger partial charge in [0.15, 0.2) is 5.78 Å². The highest BCUT2D eigenvalue weighted by Gasteiger charge is 2.23. The van der Waals surface area contributed by atoms with E-state index in [1.54, 1.807) is 69.5 Å². The first-order valence-electron chi connectivity index (χ1n) is 10.8. The van der Waals surface area contributed by atoms with Crippen LogP contribution in [0, 0.1) is 10.1 Å². The number of hydrogen-bond donors (Lipinski definition) is 1. The molecule has 0 aromatic heterocycles. The number of benzene rings is 3. The molecule has 0 radical (unpaired) electrons. The third-order valence-corrected chi connectivity index (χ3v) is 5.40. The predicted molar refractivity (Wildman–Crippen MR) is 134 cm³/mol. The Morgan fingerprint density at radius 2 is 1.51 bits per heavy atom. The molecule has 35 heavy (non-hydrogen) atoms. The summed E-state index contributed by atoms with van der Waals surface area (Å²) in [6.07, 6.45) is 0.247. The highest BCUT2D eigenvalue weighted by Crippen LogP contribution is 2.29. The standard InChI is InChI=1S/C26H26N4O5/c1-28(2)22-14-11-18(16-23(22)30(34)35)25(32)20-7-5-6-8-21(20)26(33)27-19-12-9-17(10-13-19)15-24(31)29(3)4/h5-14,16H,15H2,1-4H3,(H,27,33). The van der Waals surface area contributed by atoms with Crippen LogP contribution in [-0.2, 0) is 11.2 Å². The number of likely N-dealkylation sites (N-methyl/N-ethyl adjacent to an activating group) is 1. The van der Waals surface area contributed by atoms with Gasteiger partial charge in [0.2, 0.25) is 5.91 Å². The highest BCUT2D eigenvalue weighted by atomic mass is 16.6. The Morgan fingerprint density at radius 1 is 0.886 bits per heavy atom. The summed E-state index contributed by atoms with van der Waals surface area (Å²) in [7, 11) is 6.72. The van der Waals surface area contributed by atoms with E-state index in [1.165, 1.54) is 35.2 Å². The summed E-state index contributed by atoms with van der Waals surface area (Å²) in [6.45, 7) is 0. The van der Waals surface area contributed by atoms with Crippen LogP contribution in [0.1, 0.15) is 31.8 Å². The van der Waals surface area contributed by atoms with E-state index in [0.29, 0.717) is 11.4 Å². The van der Waals surface area contributed by atoms with Crippen molar-refractivity contribution in [2.24, 2.45) is 0 Å². The minimum absolute atomic E-state index is 0.0342. The molecule has 3 rings (SSSR count). The molecule has 0 spiro atoms. The maximum absolute atomic E-state index is 13.2. The lowest BCUT2D eigenvalue weighted by atomic mass is 9.97. The van der Waals surface area contributed by atoms with Crippen LogP contribution in [-0.4, -0.2) is 55.6 Å². The zero-order valence-corrected chi connectivity index (χ0v) is 19.9. The second-order valence-electron chi connectivity index (χ2n) is 8.35. The predicted octanol–water partition coefficient (Wildman–Crippen LogP) is 3.77. The third kappa shape index (κ3) is 5.89. The van der Waals surface area contributed by atoms with Crippen molar-refractivity contribution >= 4 is 34.7 Å². The van der Waals surface area contributed by atoms with Gasteiger partial charge in [0.25, 0.3) is 11.6 Å². The molecule has 9 nitrogen and oxygen atoms in total. The number of rotatable bonds is 8. The number of nitrogens with one attached hydrogen (secondary N) is 1. The van der Waals surface area contributed by atoms with E-state index in [2.05, 4.69) is 5.32 Å². The van der Waals surface area contributed by atoms with E-state index in [-0.39, 0.29) is 34.7 Å². The molecule has 3 aromatic carbocycles. The molecule has 2 amide bonds. The van der Waals surface area contributed by atoms with Crippen LogP contribution >= 0.6 is 0 Å². The van der Waals surface area contributed by atoms with Gasteiger partial charge in [-0.3, -0.25) is 24.5 Å². The van der Waals surface area contributed by atoms with Gasteiger partial charge in [-0.1, -0.05) is 30.3 Å². The molecular weight excluding hydrogens is 448 g/mol. The normalized spacial score (nSPS) is 10.4. The molecule has 180 valence electrons. The minimum atomic E-state index is -0.541. The van der Waals surface area contributed by atoms with Crippen LogP contribution in [0.15, 0.2) is 66.7 Å². The van der Waals surface area contributed by atoms with Crippen molar-refractivity contribution < 1.29 is 19.3 Å². The fourth-order valence-corrected chi connectivity index (χ4v) is 3.46. The summed E-state index contributed by atoms with van der Waals surface area (Å²) >= 11 is 0. The van der Waals surface area contributed by atoms with Crippen LogP contribution < -0.4 is 10.2 Å². The first-order valence-corrected chi connectivity index (χ1v) is 10.8. The van der Waals surface area contributed by atoms with Crippen molar-refractivity contribution in [1.29, 1.82) is 0 Å². The number of amides is 2. The zero-order valence-electron chi connectivity index (χ0n) is 19.9. The SMILES string of the molecule is CN(C)C(=O)Cc1ccc(NC(=O)c2ccccc2C(=O)c2ccc(N(C)C)c([N+](=O)[O-])c2)cc1. The number of nitrogens with zero attached hydrogens (tertiary/aromatic N) is 3. The van der Waals surface area contributed by atoms with Gasteiger partial charge in [0.05, 0.1) is 16.9 Å². The zero-order chi connectivity index (χ0) is 25.7. The van der Waals surface area contributed by atoms with E-state index in [1.807, 2.05) is 0 Å². The first-order chi connectivity index (χ1) is 16.6. The van der Waals surface area contributed by atoms with E-state index >= 15 is 0 Å². The van der Waals surface area contributed by atoms with Crippen molar-refractivity contribution in [3.05, 3.63) is 99.1 Å². The van der Waals surface area contributed by atoms with Gasteiger partial charge in [0, 0.05) is 51.1 Å². The number of hydrogen-bond acceptors (Lipinski definition) is 6. The lowest BCUT2D eigenvalue weighted by molar-refractivity contribution is -0.384. The minimum Gasteiger partial charge on any atom is -0.372 e. The Morgan fingerprint density at radius 3 is 2.09 bits per heavy atom. The molecule has 1 N–H and O–H groups in total. The summed E-state index contributed by atoms with van der Waals surface area (Å²) in [5.41, 5.74) is 1.86. The monoisotopic (exact) mass is 474 g/mol. The van der Waals surface area contributed by atoms with Crippen LogP contribution in [0.5, 0.6) is 0 Å². The van der Waals surface area contributed by atoms with Crippen LogP contribution in [0.4, 0.5) is 17.1 Å². The molecule has 0 aliphatic carbocycles. The van der Waals surface area contributed by atoms with Gasteiger partial charge in [-0.05, 0) is 35.9 Å². The quantitative estimate of drug-likeness (QED) is 0.302. The third-order valence-electron chi connectivity index (χ3n) is 5.40. The van der Waals surface area contributed by atoms with E-state index < -0.39 is 16.6 Å². The summed E-state index contributed by atoms with van der Waals surface area (Å²) < 4.78 is 0. The number of anilines is 2. The molecule has 0 saturated carbocycles. The fraction of sp³-hybridized carbons (Fsp3) is 0.192. The summed E-state index contributed by atoms with van der Waals surface area (Å²) in [4.78, 5) is 52.2. The van der Waals surface area contributed by atoms with Crippen molar-refractivity contribution in [2.75, 3.05) is 38.4 Å². The smallest absolute Gasteiger partial charge is 0.293 e. The Bertz CT molecular complexity index is 1280.